The van der Waals surface area contributed by atoms with Crippen LogP contribution in [0.5, 0.6) is 5.75 Å². The molecule has 0 aliphatic carbocycles. The molecule has 0 bridgehead atoms. The summed E-state index contributed by atoms with van der Waals surface area (Å²) in [6, 6.07) is 23.9. The van der Waals surface area contributed by atoms with E-state index in [0.717, 1.165) is 5.56 Å². The Morgan fingerprint density at radius 1 is 0.964 bits per heavy atom. The Hall–Kier alpha value is -3.07. The van der Waals surface area contributed by atoms with E-state index in [2.05, 4.69) is 0 Å². The molecule has 6 heteroatoms. The van der Waals surface area contributed by atoms with Gasteiger partial charge in [-0.1, -0.05) is 66.2 Å². The first-order valence-corrected chi connectivity index (χ1v) is 10.3. The third kappa shape index (κ3) is 4.42. The maximum Gasteiger partial charge on any atom is 0.216 e. The monoisotopic (exact) mass is 409 g/mol. The van der Waals surface area contributed by atoms with Crippen molar-refractivity contribution in [3.8, 4) is 11.8 Å². The second-order valence-corrected chi connectivity index (χ2v) is 8.18. The zero-order valence-electron chi connectivity index (χ0n) is 14.7. The van der Waals surface area contributed by atoms with Gasteiger partial charge in [0.25, 0.3) is 0 Å². The van der Waals surface area contributed by atoms with Gasteiger partial charge in [-0.3, -0.25) is 0 Å². The second-order valence-electron chi connectivity index (χ2n) is 5.85. The summed E-state index contributed by atoms with van der Waals surface area (Å²) in [5.74, 6) is 0.457. The third-order valence-corrected chi connectivity index (χ3v) is 6.05. The second kappa shape index (κ2) is 8.75. The zero-order chi connectivity index (χ0) is 20.0. The van der Waals surface area contributed by atoms with Gasteiger partial charge >= 0.3 is 0 Å². The number of rotatable bonds is 6. The van der Waals surface area contributed by atoms with Crippen molar-refractivity contribution in [2.45, 2.75) is 11.5 Å². The Morgan fingerprint density at radius 3 is 2.32 bits per heavy atom. The van der Waals surface area contributed by atoms with E-state index in [0.29, 0.717) is 16.3 Å². The van der Waals surface area contributed by atoms with Gasteiger partial charge in [0.2, 0.25) is 9.84 Å². The van der Waals surface area contributed by atoms with E-state index in [4.69, 9.17) is 16.3 Å². The van der Waals surface area contributed by atoms with Crippen LogP contribution in [-0.2, 0) is 16.4 Å². The molecule has 0 aliphatic rings. The van der Waals surface area contributed by atoms with E-state index < -0.39 is 9.84 Å². The average molecular weight is 410 g/mol. The number of hydrogen-bond acceptors (Lipinski definition) is 4. The van der Waals surface area contributed by atoms with E-state index in [1.807, 2.05) is 18.2 Å². The predicted molar refractivity (Wildman–Crippen MR) is 109 cm³/mol. The van der Waals surface area contributed by atoms with Crippen molar-refractivity contribution >= 4 is 27.5 Å². The smallest absolute Gasteiger partial charge is 0.216 e. The standard InChI is InChI=1S/C22H16ClNO3S/c23-21-12-6-4-9-18(21)16-27-22-13-7-5-8-17(22)14-20(15-24)28(25,26)19-10-2-1-3-11-19/h1-14H,16H2. The molecule has 3 aromatic rings. The molecule has 0 saturated carbocycles. The number of sulfone groups is 1. The molecule has 0 unspecified atom stereocenters. The molecule has 0 amide bonds. The lowest BCUT2D eigenvalue weighted by molar-refractivity contribution is 0.305. The molecule has 28 heavy (non-hydrogen) atoms. The van der Waals surface area contributed by atoms with Gasteiger partial charge in [-0.15, -0.1) is 0 Å². The molecule has 0 aromatic heterocycles. The molecule has 0 radical (unpaired) electrons. The van der Waals surface area contributed by atoms with E-state index >= 15 is 0 Å². The SMILES string of the molecule is N#CC(=Cc1ccccc1OCc1ccccc1Cl)S(=O)(=O)c1ccccc1. The van der Waals surface area contributed by atoms with Gasteiger partial charge in [0.15, 0.2) is 0 Å². The predicted octanol–water partition coefficient (Wildman–Crippen LogP) is 5.26. The molecule has 3 aromatic carbocycles. The lowest BCUT2D eigenvalue weighted by Gasteiger charge is -2.11. The highest BCUT2D eigenvalue weighted by Gasteiger charge is 2.21. The number of hydrogen-bond donors (Lipinski definition) is 0. The summed E-state index contributed by atoms with van der Waals surface area (Å²) in [5, 5.41) is 10.0. The molecule has 0 atom stereocenters. The van der Waals surface area contributed by atoms with Crippen molar-refractivity contribution in [3.63, 3.8) is 0 Å². The number of nitrogens with zero attached hydrogens (tertiary/aromatic N) is 1. The third-order valence-electron chi connectivity index (χ3n) is 4.00. The summed E-state index contributed by atoms with van der Waals surface area (Å²) < 4.78 is 31.3. The highest BCUT2D eigenvalue weighted by atomic mass is 35.5. The van der Waals surface area contributed by atoms with E-state index in [1.165, 1.54) is 18.2 Å². The normalized spacial score (nSPS) is 11.6. The van der Waals surface area contributed by atoms with Crippen molar-refractivity contribution < 1.29 is 13.2 Å². The Balaban J connectivity index is 1.93. The van der Waals surface area contributed by atoms with Crippen molar-refractivity contribution in [2.24, 2.45) is 0 Å². The van der Waals surface area contributed by atoms with Gasteiger partial charge in [0.05, 0.1) is 4.90 Å². The van der Waals surface area contributed by atoms with Crippen LogP contribution in [0.1, 0.15) is 11.1 Å². The van der Waals surface area contributed by atoms with Crippen molar-refractivity contribution in [2.75, 3.05) is 0 Å². The maximum absolute atomic E-state index is 12.8. The summed E-state index contributed by atoms with van der Waals surface area (Å²) in [7, 11) is -3.92. The van der Waals surface area contributed by atoms with Crippen LogP contribution in [0, 0.1) is 11.3 Å². The van der Waals surface area contributed by atoms with E-state index in [-0.39, 0.29) is 16.4 Å². The first-order chi connectivity index (χ1) is 13.5. The number of para-hydroxylation sites is 1. The van der Waals surface area contributed by atoms with E-state index in [9.17, 15) is 13.7 Å². The molecule has 0 spiro atoms. The first kappa shape index (κ1) is 19.7. The number of ether oxygens (including phenoxy) is 1. The minimum atomic E-state index is -3.92. The van der Waals surface area contributed by atoms with Crippen LogP contribution in [0.15, 0.2) is 88.7 Å². The highest BCUT2D eigenvalue weighted by molar-refractivity contribution is 7.95. The summed E-state index contributed by atoms with van der Waals surface area (Å²) in [4.78, 5) is -0.287. The van der Waals surface area contributed by atoms with Crippen LogP contribution in [0.2, 0.25) is 5.02 Å². The molecule has 0 saturated heterocycles. The van der Waals surface area contributed by atoms with Gasteiger partial charge in [-0.05, 0) is 30.3 Å². The van der Waals surface area contributed by atoms with Gasteiger partial charge in [-0.2, -0.15) is 5.26 Å². The molecule has 0 aliphatic heterocycles. The number of allylic oxidation sites excluding steroid dienone is 1. The quantitative estimate of drug-likeness (QED) is 0.521. The van der Waals surface area contributed by atoms with Crippen LogP contribution in [0.25, 0.3) is 6.08 Å². The Kier molecular flexibility index (Phi) is 6.15. The fraction of sp³-hybridized carbons (Fsp3) is 0.0455. The van der Waals surface area contributed by atoms with Crippen molar-refractivity contribution in [1.82, 2.24) is 0 Å². The fourth-order valence-electron chi connectivity index (χ4n) is 2.54. The van der Waals surface area contributed by atoms with Gasteiger partial charge in [-0.25, -0.2) is 8.42 Å². The maximum atomic E-state index is 12.8. The first-order valence-electron chi connectivity index (χ1n) is 8.39. The Morgan fingerprint density at radius 2 is 1.61 bits per heavy atom. The van der Waals surface area contributed by atoms with E-state index in [1.54, 1.807) is 54.6 Å². The minimum absolute atomic E-state index is 0.0669. The fourth-order valence-corrected chi connectivity index (χ4v) is 3.90. The van der Waals surface area contributed by atoms with Gasteiger partial charge in [0, 0.05) is 16.1 Å². The van der Waals surface area contributed by atoms with Crippen LogP contribution in [0.3, 0.4) is 0 Å². The van der Waals surface area contributed by atoms with Gasteiger partial charge in [0.1, 0.15) is 23.3 Å². The zero-order valence-corrected chi connectivity index (χ0v) is 16.3. The summed E-state index contributed by atoms with van der Waals surface area (Å²) >= 11 is 6.15. The molecule has 0 N–H and O–H groups in total. The molecular formula is C22H16ClNO3S. The van der Waals surface area contributed by atoms with Crippen LogP contribution < -0.4 is 4.74 Å². The molecule has 0 fully saturated rings. The Bertz CT molecular complexity index is 1150. The molecule has 0 heterocycles. The van der Waals surface area contributed by atoms with Crippen LogP contribution in [0.4, 0.5) is 0 Å². The average Bonchev–Trinajstić information content (AvgIpc) is 2.72. The highest BCUT2D eigenvalue weighted by Crippen LogP contribution is 2.27. The summed E-state index contributed by atoms with van der Waals surface area (Å²) in [6.45, 7) is 0.220. The number of benzene rings is 3. The summed E-state index contributed by atoms with van der Waals surface area (Å²) in [6.07, 6.45) is 1.32. The lowest BCUT2D eigenvalue weighted by Crippen LogP contribution is -2.04. The topological polar surface area (TPSA) is 67.2 Å². The largest absolute Gasteiger partial charge is 0.488 e. The number of nitriles is 1. The van der Waals surface area contributed by atoms with Gasteiger partial charge < -0.3 is 4.74 Å². The minimum Gasteiger partial charge on any atom is -0.488 e. The van der Waals surface area contributed by atoms with Crippen LogP contribution >= 0.6 is 11.6 Å². The molecule has 4 nitrogen and oxygen atoms in total. The van der Waals surface area contributed by atoms with Crippen molar-refractivity contribution in [1.29, 1.82) is 5.26 Å². The Labute approximate surface area is 169 Å². The number of halogens is 1. The van der Waals surface area contributed by atoms with Crippen molar-refractivity contribution in [3.05, 3.63) is 99.9 Å². The molecule has 3 rings (SSSR count). The van der Waals surface area contributed by atoms with Crippen LogP contribution in [-0.4, -0.2) is 8.42 Å². The molecule has 140 valence electrons. The molecular weight excluding hydrogens is 394 g/mol. The lowest BCUT2D eigenvalue weighted by atomic mass is 10.2. The summed E-state index contributed by atoms with van der Waals surface area (Å²) in [5.41, 5.74) is 1.30.